The zero-order chi connectivity index (χ0) is 28.9. The third-order valence-corrected chi connectivity index (χ3v) is 7.90. The lowest BCUT2D eigenvalue weighted by atomic mass is 10.0. The van der Waals surface area contributed by atoms with Crippen LogP contribution in [0, 0.1) is 6.92 Å². The Bertz CT molecular complexity index is 1850. The Morgan fingerprint density at radius 3 is 2.12 bits per heavy atom. The number of nitrogens with zero attached hydrogens (tertiary/aromatic N) is 5. The number of likely N-dealkylation sites (tertiary alicyclic amines) is 1. The van der Waals surface area contributed by atoms with Crippen molar-refractivity contribution < 1.29 is 9.59 Å². The highest BCUT2D eigenvalue weighted by Gasteiger charge is 2.29. The Morgan fingerprint density at radius 1 is 0.900 bits per heavy atom. The molecule has 1 N–H and O–H groups in total. The van der Waals surface area contributed by atoms with E-state index < -0.39 is 0 Å². The number of imidazole rings is 1. The lowest BCUT2D eigenvalue weighted by molar-refractivity contribution is -0.114. The third kappa shape index (κ3) is 4.35. The molecule has 0 aliphatic carbocycles. The average Bonchev–Trinajstić information content (AvgIpc) is 3.20. The Labute approximate surface area is 230 Å². The molecular formula is C29H34N6O5. The summed E-state index contributed by atoms with van der Waals surface area (Å²) in [5.74, 6) is -0.605. The van der Waals surface area contributed by atoms with Gasteiger partial charge in [0.25, 0.3) is 11.5 Å². The molecule has 1 fully saturated rings. The molecule has 1 aliphatic heterocycles. The average molecular weight is 547 g/mol. The number of aryl methyl sites for hydroxylation is 4. The van der Waals surface area contributed by atoms with E-state index in [4.69, 9.17) is 0 Å². The third-order valence-electron chi connectivity index (χ3n) is 7.90. The number of hydrogen-bond acceptors (Lipinski definition) is 5. The highest BCUT2D eigenvalue weighted by molar-refractivity contribution is 6.06. The number of fused-ring (bicyclic) bond motifs is 2. The van der Waals surface area contributed by atoms with Gasteiger partial charge in [-0.1, -0.05) is 11.6 Å². The van der Waals surface area contributed by atoms with Crippen molar-refractivity contribution in [3.63, 3.8) is 0 Å². The lowest BCUT2D eigenvalue weighted by Gasteiger charge is -2.33. The minimum absolute atomic E-state index is 0.170. The fraction of sp³-hybridized carbons (Fsp3) is 0.414. The maximum absolute atomic E-state index is 13.8. The number of hydrogen-bond donors (Lipinski definition) is 1. The molecule has 1 saturated heterocycles. The summed E-state index contributed by atoms with van der Waals surface area (Å²) >= 11 is 0. The van der Waals surface area contributed by atoms with Crippen LogP contribution < -0.4 is 22.3 Å². The van der Waals surface area contributed by atoms with Crippen molar-refractivity contribution in [3.8, 4) is 0 Å². The maximum Gasteiger partial charge on any atom is 0.331 e. The summed E-state index contributed by atoms with van der Waals surface area (Å²) < 4.78 is 6.06. The summed E-state index contributed by atoms with van der Waals surface area (Å²) in [4.78, 5) is 67.0. The van der Waals surface area contributed by atoms with Crippen LogP contribution in [0.4, 0.5) is 5.69 Å². The summed E-state index contributed by atoms with van der Waals surface area (Å²) in [7, 11) is 1.66. The second-order valence-corrected chi connectivity index (χ2v) is 10.4. The molecule has 40 heavy (non-hydrogen) atoms. The minimum atomic E-state index is -0.373. The first kappa shape index (κ1) is 27.2. The molecule has 0 spiro atoms. The van der Waals surface area contributed by atoms with Gasteiger partial charge in [0.2, 0.25) is 5.91 Å². The second-order valence-electron chi connectivity index (χ2n) is 10.4. The monoisotopic (exact) mass is 546 g/mol. The van der Waals surface area contributed by atoms with Gasteiger partial charge in [-0.2, -0.15) is 0 Å². The van der Waals surface area contributed by atoms with Crippen molar-refractivity contribution in [2.75, 3.05) is 18.4 Å². The molecule has 11 heteroatoms. The quantitative estimate of drug-likeness (QED) is 0.413. The van der Waals surface area contributed by atoms with E-state index in [0.717, 1.165) is 5.56 Å². The zero-order valence-corrected chi connectivity index (χ0v) is 23.5. The molecule has 5 rings (SSSR count). The van der Waals surface area contributed by atoms with Gasteiger partial charge in [0.15, 0.2) is 0 Å². The molecule has 2 aromatic heterocycles. The van der Waals surface area contributed by atoms with Gasteiger partial charge >= 0.3 is 11.4 Å². The van der Waals surface area contributed by atoms with Crippen molar-refractivity contribution in [3.05, 3.63) is 72.8 Å². The van der Waals surface area contributed by atoms with Crippen LogP contribution in [0.5, 0.6) is 0 Å². The van der Waals surface area contributed by atoms with Crippen molar-refractivity contribution in [1.82, 2.24) is 23.2 Å². The first-order valence-corrected chi connectivity index (χ1v) is 13.6. The van der Waals surface area contributed by atoms with Crippen LogP contribution in [0.1, 0.15) is 55.6 Å². The molecule has 210 valence electrons. The number of carbonyl (C=O) groups is 2. The second kappa shape index (κ2) is 10.3. The summed E-state index contributed by atoms with van der Waals surface area (Å²) in [6, 6.07) is 8.48. The van der Waals surface area contributed by atoms with Gasteiger partial charge in [0.1, 0.15) is 0 Å². The molecule has 4 aromatic rings. The SMILES string of the molecule is CCn1c(=O)n(CC)c2cc(C(=O)N3CCC(n4c(=O)c5cc(C)ccc5n(C)c4=O)CC3)c(NC(C)=O)cc21. The fourth-order valence-electron chi connectivity index (χ4n) is 5.86. The first-order valence-electron chi connectivity index (χ1n) is 13.6. The van der Waals surface area contributed by atoms with Crippen molar-refractivity contribution in [2.24, 2.45) is 7.05 Å². The molecule has 1 aliphatic rings. The zero-order valence-electron chi connectivity index (χ0n) is 23.5. The van der Waals surface area contributed by atoms with Gasteiger partial charge in [0.05, 0.1) is 33.2 Å². The van der Waals surface area contributed by atoms with E-state index in [0.29, 0.717) is 72.2 Å². The van der Waals surface area contributed by atoms with Crippen LogP contribution in [0.2, 0.25) is 0 Å². The van der Waals surface area contributed by atoms with Gasteiger partial charge in [0, 0.05) is 46.2 Å². The van der Waals surface area contributed by atoms with Gasteiger partial charge in [-0.15, -0.1) is 0 Å². The number of benzene rings is 2. The van der Waals surface area contributed by atoms with Crippen molar-refractivity contribution >= 4 is 39.4 Å². The summed E-state index contributed by atoms with van der Waals surface area (Å²) in [5.41, 5.74) is 2.58. The highest BCUT2D eigenvalue weighted by Crippen LogP contribution is 2.28. The number of piperidine rings is 1. The molecule has 11 nitrogen and oxygen atoms in total. The standard InChI is InChI=1S/C29H34N6O5/c1-6-33-24-15-20(22(30-18(4)36)16-25(24)34(7-2)29(33)40)26(37)32-12-10-19(11-13-32)35-27(38)21-14-17(3)8-9-23(21)31(5)28(35)39/h8-9,14-16,19H,6-7,10-13H2,1-5H3,(H,30,36). The van der Waals surface area contributed by atoms with E-state index >= 15 is 0 Å². The molecule has 2 aromatic carbocycles. The normalized spacial score (nSPS) is 14.3. The molecule has 3 heterocycles. The minimum Gasteiger partial charge on any atom is -0.338 e. The van der Waals surface area contributed by atoms with E-state index in [1.54, 1.807) is 45.3 Å². The topological polar surface area (TPSA) is 120 Å². The Kier molecular flexibility index (Phi) is 6.99. The summed E-state index contributed by atoms with van der Waals surface area (Å²) in [6.45, 7) is 8.58. The van der Waals surface area contributed by atoms with Crippen LogP contribution in [0.15, 0.2) is 44.7 Å². The van der Waals surface area contributed by atoms with Gasteiger partial charge in [-0.05, 0) is 57.9 Å². The largest absolute Gasteiger partial charge is 0.338 e. The van der Waals surface area contributed by atoms with Crippen LogP contribution in [0.3, 0.4) is 0 Å². The predicted octanol–water partition coefficient (Wildman–Crippen LogP) is 2.60. The van der Waals surface area contributed by atoms with Crippen LogP contribution in [0.25, 0.3) is 21.9 Å². The van der Waals surface area contributed by atoms with Gasteiger partial charge in [-0.25, -0.2) is 9.59 Å². The van der Waals surface area contributed by atoms with Crippen molar-refractivity contribution in [2.45, 2.75) is 59.7 Å². The number of rotatable bonds is 5. The number of nitrogens with one attached hydrogen (secondary N) is 1. The molecule has 0 saturated carbocycles. The number of anilines is 1. The van der Waals surface area contributed by atoms with E-state index in [2.05, 4.69) is 5.32 Å². The van der Waals surface area contributed by atoms with Crippen LogP contribution >= 0.6 is 0 Å². The molecule has 0 bridgehead atoms. The molecule has 0 atom stereocenters. The highest BCUT2D eigenvalue weighted by atomic mass is 16.2. The number of amides is 2. The molecule has 0 radical (unpaired) electrons. The first-order chi connectivity index (χ1) is 19.1. The van der Waals surface area contributed by atoms with E-state index in [-0.39, 0.29) is 34.8 Å². The lowest BCUT2D eigenvalue weighted by Crippen LogP contribution is -2.46. The van der Waals surface area contributed by atoms with Crippen LogP contribution in [-0.4, -0.2) is 48.1 Å². The fourth-order valence-corrected chi connectivity index (χ4v) is 5.86. The van der Waals surface area contributed by atoms with E-state index in [1.165, 1.54) is 16.1 Å². The van der Waals surface area contributed by atoms with E-state index in [1.807, 2.05) is 26.8 Å². The van der Waals surface area contributed by atoms with Gasteiger partial charge < -0.3 is 10.2 Å². The smallest absolute Gasteiger partial charge is 0.331 e. The number of aromatic nitrogens is 4. The maximum atomic E-state index is 13.8. The molecular weight excluding hydrogens is 512 g/mol. The van der Waals surface area contributed by atoms with Crippen molar-refractivity contribution in [1.29, 1.82) is 0 Å². The van der Waals surface area contributed by atoms with Crippen LogP contribution in [-0.2, 0) is 24.9 Å². The molecule has 2 amide bonds. The summed E-state index contributed by atoms with van der Waals surface area (Å²) in [5, 5.41) is 3.26. The molecule has 0 unspecified atom stereocenters. The Balaban J connectivity index is 1.49. The Morgan fingerprint density at radius 2 is 1.52 bits per heavy atom. The predicted molar refractivity (Wildman–Crippen MR) is 154 cm³/mol. The Hall–Kier alpha value is -4.41. The summed E-state index contributed by atoms with van der Waals surface area (Å²) in [6.07, 6.45) is 0.865. The van der Waals surface area contributed by atoms with Gasteiger partial charge in [-0.3, -0.25) is 32.7 Å². The van der Waals surface area contributed by atoms with E-state index in [9.17, 15) is 24.0 Å². The number of carbonyl (C=O) groups excluding carboxylic acids is 2.